The third-order valence-corrected chi connectivity index (χ3v) is 2.84. The third-order valence-electron chi connectivity index (χ3n) is 1.96. The van der Waals surface area contributed by atoms with Gasteiger partial charge < -0.3 is 0 Å². The van der Waals surface area contributed by atoms with Crippen molar-refractivity contribution in [3.05, 3.63) is 28.0 Å². The minimum Gasteiger partial charge on any atom is -0.258 e. The Balaban J connectivity index is 3.01. The molecular weight excluding hydrogens is 228 g/mol. The molecule has 2 unspecified atom stereocenters. The number of alkyl halides is 1. The topological polar surface area (TPSA) is 12.9 Å². The first-order valence-corrected chi connectivity index (χ1v) is 5.16. The van der Waals surface area contributed by atoms with Crippen LogP contribution in [-0.2, 0) is 0 Å². The van der Waals surface area contributed by atoms with E-state index in [0.29, 0.717) is 10.0 Å². The van der Waals surface area contributed by atoms with Crippen molar-refractivity contribution in [2.75, 3.05) is 0 Å². The molecule has 1 heterocycles. The summed E-state index contributed by atoms with van der Waals surface area (Å²) in [5, 5.41) is 1.13. The number of hydrogen-bond donors (Lipinski definition) is 0. The Bertz CT molecular complexity index is 299. The Morgan fingerprint density at radius 1 is 1.31 bits per heavy atom. The van der Waals surface area contributed by atoms with Crippen LogP contribution < -0.4 is 0 Å². The van der Waals surface area contributed by atoms with Gasteiger partial charge in [-0.15, -0.1) is 11.6 Å². The molecule has 4 heteroatoms. The van der Waals surface area contributed by atoms with E-state index < -0.39 is 0 Å². The van der Waals surface area contributed by atoms with Crippen molar-refractivity contribution in [1.29, 1.82) is 0 Å². The van der Waals surface area contributed by atoms with Crippen LogP contribution in [0.2, 0.25) is 10.0 Å². The van der Waals surface area contributed by atoms with Gasteiger partial charge in [-0.1, -0.05) is 30.1 Å². The van der Waals surface area contributed by atoms with Gasteiger partial charge in [-0.2, -0.15) is 0 Å². The molecule has 0 aliphatic heterocycles. The number of rotatable bonds is 2. The van der Waals surface area contributed by atoms with Gasteiger partial charge in [0, 0.05) is 17.5 Å². The van der Waals surface area contributed by atoms with Crippen molar-refractivity contribution in [3.63, 3.8) is 0 Å². The molecule has 0 bridgehead atoms. The van der Waals surface area contributed by atoms with Gasteiger partial charge in [0.05, 0.1) is 15.7 Å². The molecule has 0 saturated carbocycles. The molecule has 0 fully saturated rings. The lowest BCUT2D eigenvalue weighted by molar-refractivity contribution is 0.717. The van der Waals surface area contributed by atoms with Crippen LogP contribution in [0.15, 0.2) is 12.3 Å². The van der Waals surface area contributed by atoms with Crippen LogP contribution in [-0.4, -0.2) is 10.4 Å². The highest BCUT2D eigenvalue weighted by Crippen LogP contribution is 2.28. The Labute approximate surface area is 93.0 Å². The van der Waals surface area contributed by atoms with E-state index in [1.165, 1.54) is 0 Å². The molecule has 72 valence electrons. The summed E-state index contributed by atoms with van der Waals surface area (Å²) in [5.74, 6) is 0.131. The van der Waals surface area contributed by atoms with E-state index in [0.717, 1.165) is 5.69 Å². The van der Waals surface area contributed by atoms with Crippen LogP contribution in [0.25, 0.3) is 0 Å². The molecule has 13 heavy (non-hydrogen) atoms. The SMILES string of the molecule is CC(Cl)C(C)c1ncc(Cl)cc1Cl. The van der Waals surface area contributed by atoms with Crippen molar-refractivity contribution >= 4 is 34.8 Å². The summed E-state index contributed by atoms with van der Waals surface area (Å²) < 4.78 is 0. The molecule has 0 spiro atoms. The molecule has 2 atom stereocenters. The molecule has 1 rings (SSSR count). The van der Waals surface area contributed by atoms with E-state index in [9.17, 15) is 0 Å². The highest BCUT2D eigenvalue weighted by atomic mass is 35.5. The van der Waals surface area contributed by atoms with E-state index in [1.807, 2.05) is 13.8 Å². The fourth-order valence-corrected chi connectivity index (χ4v) is 1.65. The van der Waals surface area contributed by atoms with Gasteiger partial charge in [-0.3, -0.25) is 4.98 Å². The predicted molar refractivity (Wildman–Crippen MR) is 58.0 cm³/mol. The molecule has 0 amide bonds. The van der Waals surface area contributed by atoms with E-state index >= 15 is 0 Å². The van der Waals surface area contributed by atoms with Gasteiger partial charge in [0.15, 0.2) is 0 Å². The fraction of sp³-hybridized carbons (Fsp3) is 0.444. The standard InChI is InChI=1S/C9H10Cl3N/c1-5(6(2)10)9-8(12)3-7(11)4-13-9/h3-6H,1-2H3. The van der Waals surface area contributed by atoms with Crippen molar-refractivity contribution in [2.24, 2.45) is 0 Å². The van der Waals surface area contributed by atoms with Crippen molar-refractivity contribution in [3.8, 4) is 0 Å². The third kappa shape index (κ3) is 2.73. The highest BCUT2D eigenvalue weighted by Gasteiger charge is 2.16. The summed E-state index contributed by atoms with van der Waals surface area (Å²) in [7, 11) is 0. The molecule has 0 aromatic carbocycles. The summed E-state index contributed by atoms with van der Waals surface area (Å²) in [4.78, 5) is 4.15. The van der Waals surface area contributed by atoms with Gasteiger partial charge in [0.25, 0.3) is 0 Å². The fourth-order valence-electron chi connectivity index (χ4n) is 0.978. The molecule has 1 aromatic rings. The van der Waals surface area contributed by atoms with Gasteiger partial charge in [-0.25, -0.2) is 0 Å². The summed E-state index contributed by atoms with van der Waals surface area (Å²) in [6.07, 6.45) is 1.58. The number of halogens is 3. The normalized spacial score (nSPS) is 15.5. The van der Waals surface area contributed by atoms with Crippen LogP contribution >= 0.6 is 34.8 Å². The molecule has 0 radical (unpaired) electrons. The Kier molecular flexibility index (Phi) is 3.84. The second kappa shape index (κ2) is 4.50. The lowest BCUT2D eigenvalue weighted by Crippen LogP contribution is -2.07. The lowest BCUT2D eigenvalue weighted by atomic mass is 10.0. The van der Waals surface area contributed by atoms with Crippen molar-refractivity contribution in [2.45, 2.75) is 25.1 Å². The zero-order valence-electron chi connectivity index (χ0n) is 7.39. The van der Waals surface area contributed by atoms with Gasteiger partial charge >= 0.3 is 0 Å². The van der Waals surface area contributed by atoms with Crippen molar-refractivity contribution < 1.29 is 0 Å². The smallest absolute Gasteiger partial charge is 0.0639 e. The van der Waals surface area contributed by atoms with Crippen LogP contribution in [0, 0.1) is 0 Å². The van der Waals surface area contributed by atoms with Crippen LogP contribution in [0.5, 0.6) is 0 Å². The van der Waals surface area contributed by atoms with Gasteiger partial charge in [0.1, 0.15) is 0 Å². The maximum atomic E-state index is 5.96. The largest absolute Gasteiger partial charge is 0.258 e. The van der Waals surface area contributed by atoms with E-state index in [-0.39, 0.29) is 11.3 Å². The molecule has 0 N–H and O–H groups in total. The first kappa shape index (κ1) is 11.1. The second-order valence-electron chi connectivity index (χ2n) is 2.99. The molecule has 1 nitrogen and oxygen atoms in total. The molecule has 1 aromatic heterocycles. The number of hydrogen-bond acceptors (Lipinski definition) is 1. The summed E-state index contributed by atoms with van der Waals surface area (Å²) in [5.41, 5.74) is 0.800. The minimum absolute atomic E-state index is 0.00572. The predicted octanol–water partition coefficient (Wildman–Crippen LogP) is 4.12. The van der Waals surface area contributed by atoms with Crippen LogP contribution in [0.3, 0.4) is 0 Å². The van der Waals surface area contributed by atoms with E-state index in [1.54, 1.807) is 12.3 Å². The molecular formula is C9H10Cl3N. The second-order valence-corrected chi connectivity index (χ2v) is 4.52. The Morgan fingerprint density at radius 3 is 2.38 bits per heavy atom. The van der Waals surface area contributed by atoms with Crippen LogP contribution in [0.1, 0.15) is 25.5 Å². The van der Waals surface area contributed by atoms with Gasteiger partial charge in [0.2, 0.25) is 0 Å². The zero-order chi connectivity index (χ0) is 10.0. The molecule has 0 aliphatic carbocycles. The number of nitrogens with zero attached hydrogens (tertiary/aromatic N) is 1. The average Bonchev–Trinajstić information content (AvgIpc) is 2.03. The summed E-state index contributed by atoms with van der Waals surface area (Å²) >= 11 is 17.6. The minimum atomic E-state index is 0.00572. The summed E-state index contributed by atoms with van der Waals surface area (Å²) in [6, 6.07) is 1.68. The summed E-state index contributed by atoms with van der Waals surface area (Å²) in [6.45, 7) is 3.90. The Hall–Kier alpha value is 0.0200. The first-order chi connectivity index (χ1) is 6.02. The molecule has 0 saturated heterocycles. The zero-order valence-corrected chi connectivity index (χ0v) is 9.66. The monoisotopic (exact) mass is 237 g/mol. The highest BCUT2D eigenvalue weighted by molar-refractivity contribution is 6.34. The molecule has 0 aliphatic rings. The quantitative estimate of drug-likeness (QED) is 0.706. The van der Waals surface area contributed by atoms with Crippen molar-refractivity contribution in [1.82, 2.24) is 4.98 Å². The number of pyridine rings is 1. The van der Waals surface area contributed by atoms with E-state index in [2.05, 4.69) is 4.98 Å². The lowest BCUT2D eigenvalue weighted by Gasteiger charge is -2.14. The average molecular weight is 239 g/mol. The van der Waals surface area contributed by atoms with E-state index in [4.69, 9.17) is 34.8 Å². The van der Waals surface area contributed by atoms with Crippen LogP contribution in [0.4, 0.5) is 0 Å². The Morgan fingerprint density at radius 2 is 1.92 bits per heavy atom. The first-order valence-electron chi connectivity index (χ1n) is 3.97. The maximum Gasteiger partial charge on any atom is 0.0639 e. The maximum absolute atomic E-state index is 5.96. The van der Waals surface area contributed by atoms with Gasteiger partial charge in [-0.05, 0) is 13.0 Å². The number of aromatic nitrogens is 1.